The van der Waals surface area contributed by atoms with E-state index in [1.54, 1.807) is 23.9 Å². The molecular weight excluding hydrogens is 260 g/mol. The van der Waals surface area contributed by atoms with E-state index >= 15 is 0 Å². The number of nitrogens with zero attached hydrogens (tertiary/aromatic N) is 1. The Morgan fingerprint density at radius 1 is 1.59 bits per heavy atom. The van der Waals surface area contributed by atoms with Gasteiger partial charge in [-0.25, -0.2) is 0 Å². The normalized spacial score (nSPS) is 12.4. The summed E-state index contributed by atoms with van der Waals surface area (Å²) >= 11 is 7.39. The number of nitro groups is 1. The van der Waals surface area contributed by atoms with Crippen LogP contribution in [0.2, 0.25) is 5.02 Å². The Kier molecular flexibility index (Phi) is 5.74. The van der Waals surface area contributed by atoms with Gasteiger partial charge in [0, 0.05) is 22.4 Å². The first-order valence-corrected chi connectivity index (χ1v) is 6.78. The van der Waals surface area contributed by atoms with E-state index in [2.05, 4.69) is 6.92 Å². The second-order valence-corrected chi connectivity index (χ2v) is 5.35. The summed E-state index contributed by atoms with van der Waals surface area (Å²) < 4.78 is 0. The van der Waals surface area contributed by atoms with Crippen LogP contribution >= 0.6 is 23.4 Å². The number of thioether (sulfide) groups is 1. The van der Waals surface area contributed by atoms with Gasteiger partial charge in [-0.3, -0.25) is 10.1 Å². The molecule has 0 aliphatic heterocycles. The molecule has 6 heteroatoms. The summed E-state index contributed by atoms with van der Waals surface area (Å²) in [7, 11) is 0. The molecule has 0 aromatic heterocycles. The van der Waals surface area contributed by atoms with Gasteiger partial charge in [-0.1, -0.05) is 18.5 Å². The molecule has 0 bridgehead atoms. The van der Waals surface area contributed by atoms with Crippen molar-refractivity contribution in [1.29, 1.82) is 0 Å². The highest BCUT2D eigenvalue weighted by Crippen LogP contribution is 2.27. The van der Waals surface area contributed by atoms with Gasteiger partial charge in [0.25, 0.3) is 5.69 Å². The molecule has 0 aliphatic rings. The van der Waals surface area contributed by atoms with Crippen molar-refractivity contribution in [2.75, 3.05) is 12.3 Å². The van der Waals surface area contributed by atoms with E-state index in [0.29, 0.717) is 28.8 Å². The Bertz CT molecular complexity index is 401. The zero-order valence-corrected chi connectivity index (χ0v) is 11.1. The molecule has 0 saturated heterocycles. The highest BCUT2D eigenvalue weighted by Gasteiger charge is 2.14. The lowest BCUT2D eigenvalue weighted by Crippen LogP contribution is -2.12. The number of rotatable bonds is 6. The predicted molar refractivity (Wildman–Crippen MR) is 72.5 cm³/mol. The fourth-order valence-corrected chi connectivity index (χ4v) is 2.55. The maximum absolute atomic E-state index is 10.8. The van der Waals surface area contributed by atoms with Gasteiger partial charge >= 0.3 is 0 Å². The lowest BCUT2D eigenvalue weighted by molar-refractivity contribution is -0.385. The van der Waals surface area contributed by atoms with Crippen LogP contribution in [0.25, 0.3) is 0 Å². The third-order valence-corrected chi connectivity index (χ3v) is 3.86. The van der Waals surface area contributed by atoms with Crippen LogP contribution in [0, 0.1) is 16.0 Å². The Labute approximate surface area is 110 Å². The molecule has 4 nitrogen and oxygen atoms in total. The number of benzene rings is 1. The van der Waals surface area contributed by atoms with Crippen LogP contribution in [-0.4, -0.2) is 17.2 Å². The molecule has 0 heterocycles. The molecule has 1 aromatic rings. The Morgan fingerprint density at radius 3 is 2.88 bits per heavy atom. The lowest BCUT2D eigenvalue weighted by Gasteiger charge is -2.08. The van der Waals surface area contributed by atoms with E-state index in [1.807, 2.05) is 0 Å². The number of halogens is 1. The third kappa shape index (κ3) is 4.53. The van der Waals surface area contributed by atoms with E-state index in [-0.39, 0.29) is 5.69 Å². The fourth-order valence-electron chi connectivity index (χ4n) is 1.27. The van der Waals surface area contributed by atoms with E-state index in [4.69, 9.17) is 17.3 Å². The Balaban J connectivity index is 2.67. The minimum atomic E-state index is -0.395. The fraction of sp³-hybridized carbons (Fsp3) is 0.455. The van der Waals surface area contributed by atoms with Crippen LogP contribution in [0.5, 0.6) is 0 Å². The summed E-state index contributed by atoms with van der Waals surface area (Å²) in [5.74, 6) is 1.93. The molecule has 17 heavy (non-hydrogen) atoms. The van der Waals surface area contributed by atoms with Crippen molar-refractivity contribution in [3.63, 3.8) is 0 Å². The molecule has 0 saturated carbocycles. The van der Waals surface area contributed by atoms with Crippen LogP contribution in [0.15, 0.2) is 18.2 Å². The van der Waals surface area contributed by atoms with Gasteiger partial charge in [0.2, 0.25) is 0 Å². The van der Waals surface area contributed by atoms with Gasteiger partial charge in [-0.05, 0) is 30.3 Å². The third-order valence-electron chi connectivity index (χ3n) is 2.31. The molecule has 94 valence electrons. The second kappa shape index (κ2) is 6.83. The predicted octanol–water partition coefficient (Wildman–Crippen LogP) is 3.08. The van der Waals surface area contributed by atoms with Gasteiger partial charge in [0.05, 0.1) is 4.92 Å². The number of nitrogens with two attached hydrogens (primary N) is 1. The standard InChI is InChI=1S/C11H15ClN2O2S/c1-8(5-13)6-17-7-9-2-3-10(12)4-11(9)14(15)16/h2-4,8H,5-7,13H2,1H3. The summed E-state index contributed by atoms with van der Waals surface area (Å²) in [5.41, 5.74) is 6.30. The molecule has 1 unspecified atom stereocenters. The number of hydrogen-bond acceptors (Lipinski definition) is 4. The van der Waals surface area contributed by atoms with Crippen molar-refractivity contribution < 1.29 is 4.92 Å². The highest BCUT2D eigenvalue weighted by molar-refractivity contribution is 7.98. The second-order valence-electron chi connectivity index (χ2n) is 3.89. The zero-order chi connectivity index (χ0) is 12.8. The minimum absolute atomic E-state index is 0.0883. The first-order valence-electron chi connectivity index (χ1n) is 5.25. The molecule has 1 atom stereocenters. The zero-order valence-electron chi connectivity index (χ0n) is 9.56. The average molecular weight is 275 g/mol. The van der Waals surface area contributed by atoms with Crippen molar-refractivity contribution in [2.24, 2.45) is 11.7 Å². The Hall–Kier alpha value is -0.780. The summed E-state index contributed by atoms with van der Waals surface area (Å²) in [6.07, 6.45) is 0. The van der Waals surface area contributed by atoms with Gasteiger partial charge in [0.1, 0.15) is 0 Å². The van der Waals surface area contributed by atoms with Crippen molar-refractivity contribution in [3.05, 3.63) is 38.9 Å². The van der Waals surface area contributed by atoms with E-state index in [9.17, 15) is 10.1 Å². The van der Waals surface area contributed by atoms with Crippen molar-refractivity contribution in [2.45, 2.75) is 12.7 Å². The molecule has 0 fully saturated rings. The van der Waals surface area contributed by atoms with Crippen molar-refractivity contribution >= 4 is 29.1 Å². The van der Waals surface area contributed by atoms with Crippen LogP contribution in [0.3, 0.4) is 0 Å². The highest BCUT2D eigenvalue weighted by atomic mass is 35.5. The molecule has 2 N–H and O–H groups in total. The smallest absolute Gasteiger partial charge is 0.274 e. The number of hydrogen-bond donors (Lipinski definition) is 1. The summed E-state index contributed by atoms with van der Waals surface area (Å²) in [6, 6.07) is 4.78. The molecule has 1 rings (SSSR count). The van der Waals surface area contributed by atoms with Gasteiger partial charge in [-0.15, -0.1) is 0 Å². The van der Waals surface area contributed by atoms with Gasteiger partial charge < -0.3 is 5.73 Å². The topological polar surface area (TPSA) is 69.2 Å². The van der Waals surface area contributed by atoms with Crippen LogP contribution in [0.1, 0.15) is 12.5 Å². The molecule has 0 radical (unpaired) electrons. The molecule has 1 aromatic carbocycles. The summed E-state index contributed by atoms with van der Waals surface area (Å²) in [5, 5.41) is 11.2. The first-order chi connectivity index (χ1) is 8.04. The van der Waals surface area contributed by atoms with E-state index < -0.39 is 4.92 Å². The molecular formula is C11H15ClN2O2S. The maximum Gasteiger partial charge on any atom is 0.274 e. The molecule has 0 spiro atoms. The molecule has 0 aliphatic carbocycles. The van der Waals surface area contributed by atoms with E-state index in [0.717, 1.165) is 5.75 Å². The van der Waals surface area contributed by atoms with Gasteiger partial charge in [0.15, 0.2) is 0 Å². The average Bonchev–Trinajstić information content (AvgIpc) is 2.30. The Morgan fingerprint density at radius 2 is 2.29 bits per heavy atom. The van der Waals surface area contributed by atoms with Gasteiger partial charge in [-0.2, -0.15) is 11.8 Å². The monoisotopic (exact) mass is 274 g/mol. The summed E-state index contributed by atoms with van der Waals surface area (Å²) in [4.78, 5) is 10.5. The minimum Gasteiger partial charge on any atom is -0.330 e. The van der Waals surface area contributed by atoms with Crippen molar-refractivity contribution in [1.82, 2.24) is 0 Å². The quantitative estimate of drug-likeness (QED) is 0.639. The lowest BCUT2D eigenvalue weighted by atomic mass is 10.2. The SMILES string of the molecule is CC(CN)CSCc1ccc(Cl)cc1[N+](=O)[O-]. The first kappa shape index (κ1) is 14.3. The van der Waals surface area contributed by atoms with Crippen molar-refractivity contribution in [3.8, 4) is 0 Å². The summed E-state index contributed by atoms with van der Waals surface area (Å²) in [6.45, 7) is 2.69. The maximum atomic E-state index is 10.8. The van der Waals surface area contributed by atoms with Crippen LogP contribution in [-0.2, 0) is 5.75 Å². The van der Waals surface area contributed by atoms with Crippen LogP contribution < -0.4 is 5.73 Å². The largest absolute Gasteiger partial charge is 0.330 e. The molecule has 0 amide bonds. The van der Waals surface area contributed by atoms with Crippen LogP contribution in [0.4, 0.5) is 5.69 Å². The van der Waals surface area contributed by atoms with E-state index in [1.165, 1.54) is 6.07 Å². The number of nitro benzene ring substituents is 1.